The highest BCUT2D eigenvalue weighted by Crippen LogP contribution is 2.70. The SMILES string of the molecule is CC1CC2CC(NC(=O)c3ccccc3CO)CC[C@]2(C)C2C[C@H](C)[C@@]3(C)C(CC[C@@H]3C(C)CCCO)C12. The Hall–Kier alpha value is -1.39. The van der Waals surface area contributed by atoms with Gasteiger partial charge in [0.1, 0.15) is 0 Å². The lowest BCUT2D eigenvalue weighted by atomic mass is 9.40. The van der Waals surface area contributed by atoms with Crippen molar-refractivity contribution < 1.29 is 15.0 Å². The highest BCUT2D eigenvalue weighted by atomic mass is 16.3. The fraction of sp³-hybridized carbons (Fsp3) is 0.794. The summed E-state index contributed by atoms with van der Waals surface area (Å²) in [6.45, 7) is 13.1. The van der Waals surface area contributed by atoms with Crippen LogP contribution in [0.15, 0.2) is 24.3 Å². The van der Waals surface area contributed by atoms with E-state index in [-0.39, 0.29) is 18.6 Å². The van der Waals surface area contributed by atoms with Gasteiger partial charge in [0.05, 0.1) is 6.61 Å². The molecule has 0 aliphatic heterocycles. The molecule has 0 heterocycles. The van der Waals surface area contributed by atoms with E-state index in [0.717, 1.165) is 61.2 Å². The van der Waals surface area contributed by atoms with Gasteiger partial charge in [0.25, 0.3) is 5.91 Å². The second-order valence-electron chi connectivity index (χ2n) is 14.5. The normalized spacial score (nSPS) is 43.0. The van der Waals surface area contributed by atoms with E-state index in [1.807, 2.05) is 24.3 Å². The van der Waals surface area contributed by atoms with Gasteiger partial charge in [-0.1, -0.05) is 52.8 Å². The molecule has 1 aromatic rings. The van der Waals surface area contributed by atoms with Crippen LogP contribution in [0.4, 0.5) is 0 Å². The quantitative estimate of drug-likeness (QED) is 0.367. The third kappa shape index (κ3) is 4.56. The topological polar surface area (TPSA) is 69.6 Å². The molecule has 11 atom stereocenters. The summed E-state index contributed by atoms with van der Waals surface area (Å²) in [6, 6.07) is 7.67. The largest absolute Gasteiger partial charge is 0.396 e. The van der Waals surface area contributed by atoms with Crippen LogP contribution in [0.2, 0.25) is 0 Å². The number of fused-ring (bicyclic) bond motifs is 5. The second-order valence-corrected chi connectivity index (χ2v) is 14.5. The van der Waals surface area contributed by atoms with Crippen LogP contribution in [0.3, 0.4) is 0 Å². The molecule has 1 amide bonds. The van der Waals surface area contributed by atoms with Gasteiger partial charge in [-0.05, 0) is 128 Å². The van der Waals surface area contributed by atoms with Crippen molar-refractivity contribution in [3.8, 4) is 0 Å². The van der Waals surface area contributed by atoms with Crippen LogP contribution in [-0.4, -0.2) is 28.8 Å². The van der Waals surface area contributed by atoms with Crippen LogP contribution >= 0.6 is 0 Å². The smallest absolute Gasteiger partial charge is 0.251 e. The number of hydrogen-bond acceptors (Lipinski definition) is 3. The van der Waals surface area contributed by atoms with Gasteiger partial charge in [-0.25, -0.2) is 0 Å². The molecule has 4 aliphatic rings. The van der Waals surface area contributed by atoms with Gasteiger partial charge >= 0.3 is 0 Å². The maximum Gasteiger partial charge on any atom is 0.251 e. The second kappa shape index (κ2) is 10.9. The zero-order valence-electron chi connectivity index (χ0n) is 24.6. The van der Waals surface area contributed by atoms with Crippen molar-refractivity contribution in [1.29, 1.82) is 0 Å². The van der Waals surface area contributed by atoms with Crippen molar-refractivity contribution in [3.05, 3.63) is 35.4 Å². The molecule has 0 saturated heterocycles. The predicted octanol–water partition coefficient (Wildman–Crippen LogP) is 6.84. The summed E-state index contributed by atoms with van der Waals surface area (Å²) in [5.41, 5.74) is 2.13. The van der Waals surface area contributed by atoms with Crippen molar-refractivity contribution in [3.63, 3.8) is 0 Å². The maximum absolute atomic E-state index is 13.1. The Morgan fingerprint density at radius 3 is 2.55 bits per heavy atom. The minimum absolute atomic E-state index is 0.0284. The summed E-state index contributed by atoms with van der Waals surface area (Å²) < 4.78 is 0. The van der Waals surface area contributed by atoms with E-state index in [9.17, 15) is 15.0 Å². The van der Waals surface area contributed by atoms with Crippen molar-refractivity contribution in [2.75, 3.05) is 6.61 Å². The van der Waals surface area contributed by atoms with Crippen LogP contribution in [0.5, 0.6) is 0 Å². The highest BCUT2D eigenvalue weighted by Gasteiger charge is 2.64. The van der Waals surface area contributed by atoms with Gasteiger partial charge in [-0.3, -0.25) is 4.79 Å². The molecular weight excluding hydrogens is 470 g/mol. The zero-order valence-corrected chi connectivity index (χ0v) is 24.6. The minimum Gasteiger partial charge on any atom is -0.396 e. The minimum atomic E-state index is -0.102. The van der Waals surface area contributed by atoms with Crippen molar-refractivity contribution in [2.24, 2.45) is 58.2 Å². The Bertz CT molecular complexity index is 994. The number of benzene rings is 1. The number of aliphatic hydroxyl groups excluding tert-OH is 2. The van der Waals surface area contributed by atoms with Crippen molar-refractivity contribution in [1.82, 2.24) is 5.32 Å². The number of carbonyl (C=O) groups excluding carboxylic acids is 1. The van der Waals surface area contributed by atoms with E-state index in [1.165, 1.54) is 32.1 Å². The number of rotatable bonds is 7. The molecule has 0 radical (unpaired) electrons. The summed E-state index contributed by atoms with van der Waals surface area (Å²) in [4.78, 5) is 13.1. The third-order valence-electron chi connectivity index (χ3n) is 13.0. The van der Waals surface area contributed by atoms with Crippen LogP contribution < -0.4 is 5.32 Å². The molecule has 4 fully saturated rings. The van der Waals surface area contributed by atoms with E-state index in [2.05, 4.69) is 39.9 Å². The molecule has 3 N–H and O–H groups in total. The van der Waals surface area contributed by atoms with Crippen LogP contribution in [0, 0.1) is 58.2 Å². The third-order valence-corrected chi connectivity index (χ3v) is 13.0. The van der Waals surface area contributed by atoms with Crippen molar-refractivity contribution in [2.45, 2.75) is 105 Å². The monoisotopic (exact) mass is 523 g/mol. The molecular formula is C34H53NO3. The summed E-state index contributed by atoms with van der Waals surface area (Å²) in [5, 5.41) is 22.5. The number of nitrogens with one attached hydrogen (secondary N) is 1. The maximum atomic E-state index is 13.1. The fourth-order valence-electron chi connectivity index (χ4n) is 10.8. The van der Waals surface area contributed by atoms with Crippen LogP contribution in [0.25, 0.3) is 0 Å². The molecule has 4 heteroatoms. The number of hydrogen-bond donors (Lipinski definition) is 3. The molecule has 4 aliphatic carbocycles. The lowest BCUT2D eigenvalue weighted by Crippen LogP contribution is -2.59. The van der Waals surface area contributed by atoms with Gasteiger partial charge in [0, 0.05) is 18.2 Å². The van der Waals surface area contributed by atoms with Gasteiger partial charge in [0.15, 0.2) is 0 Å². The molecule has 7 unspecified atom stereocenters. The Kier molecular flexibility index (Phi) is 8.06. The Labute approximate surface area is 231 Å². The van der Waals surface area contributed by atoms with Gasteiger partial charge < -0.3 is 15.5 Å². The summed E-state index contributed by atoms with van der Waals surface area (Å²) in [7, 11) is 0. The summed E-state index contributed by atoms with van der Waals surface area (Å²) in [5.74, 6) is 6.07. The molecule has 0 bridgehead atoms. The summed E-state index contributed by atoms with van der Waals surface area (Å²) >= 11 is 0. The molecule has 4 nitrogen and oxygen atoms in total. The lowest BCUT2D eigenvalue weighted by molar-refractivity contribution is -0.160. The Balaban J connectivity index is 1.32. The van der Waals surface area contributed by atoms with E-state index in [4.69, 9.17) is 0 Å². The zero-order chi connectivity index (χ0) is 27.2. The average Bonchev–Trinajstić information content (AvgIpc) is 3.27. The number of amides is 1. The number of carbonyl (C=O) groups is 1. The molecule has 38 heavy (non-hydrogen) atoms. The molecule has 5 rings (SSSR count). The van der Waals surface area contributed by atoms with E-state index >= 15 is 0 Å². The first-order valence-electron chi connectivity index (χ1n) is 15.8. The predicted molar refractivity (Wildman–Crippen MR) is 153 cm³/mol. The Morgan fingerprint density at radius 2 is 1.82 bits per heavy atom. The van der Waals surface area contributed by atoms with Crippen LogP contribution in [0.1, 0.15) is 108 Å². The number of aliphatic hydroxyl groups is 2. The molecule has 4 saturated carbocycles. The first-order valence-corrected chi connectivity index (χ1v) is 15.8. The highest BCUT2D eigenvalue weighted by molar-refractivity contribution is 5.95. The first-order chi connectivity index (χ1) is 18.1. The summed E-state index contributed by atoms with van der Waals surface area (Å²) in [6.07, 6.45) is 10.9. The molecule has 1 aromatic carbocycles. The Morgan fingerprint density at radius 1 is 1.05 bits per heavy atom. The van der Waals surface area contributed by atoms with Crippen molar-refractivity contribution >= 4 is 5.91 Å². The van der Waals surface area contributed by atoms with Gasteiger partial charge in [0.2, 0.25) is 0 Å². The van der Waals surface area contributed by atoms with E-state index in [0.29, 0.717) is 40.4 Å². The lowest BCUT2D eigenvalue weighted by Gasteiger charge is -2.65. The van der Waals surface area contributed by atoms with Gasteiger partial charge in [-0.2, -0.15) is 0 Å². The molecule has 0 aromatic heterocycles. The standard InChI is InChI=1S/C34H53NO3/c1-21(9-8-16-36)28-12-13-29-31-22(2)17-25-19-26(35-32(38)27-11-7-6-10-24(27)20-37)14-15-33(25,4)30(31)18-23(3)34(28,29)5/h6-7,10-11,21-23,25-26,28-31,36-37H,8-9,12-20H2,1-5H3,(H,35,38)/t21?,22?,23-,25?,26?,28+,29?,30?,31?,33-,34+/m0/s1. The van der Waals surface area contributed by atoms with Crippen LogP contribution in [-0.2, 0) is 6.61 Å². The van der Waals surface area contributed by atoms with E-state index < -0.39 is 0 Å². The molecule has 212 valence electrons. The van der Waals surface area contributed by atoms with Gasteiger partial charge in [-0.15, -0.1) is 0 Å². The fourth-order valence-corrected chi connectivity index (χ4v) is 10.8. The average molecular weight is 524 g/mol. The van der Waals surface area contributed by atoms with E-state index in [1.54, 1.807) is 0 Å². The molecule has 0 spiro atoms. The first kappa shape index (κ1) is 28.1.